The van der Waals surface area contributed by atoms with Crippen molar-refractivity contribution >= 4 is 64.8 Å². The molecule has 0 saturated carbocycles. The number of cyclic esters (lactones) is 1. The molecule has 16 heteroatoms. The van der Waals surface area contributed by atoms with Crippen molar-refractivity contribution in [1.29, 1.82) is 0 Å². The van der Waals surface area contributed by atoms with Gasteiger partial charge in [0.05, 0.1) is 52.6 Å². The Morgan fingerprint density at radius 2 is 1.55 bits per heavy atom. The number of pyridine rings is 2. The third-order valence-electron chi connectivity index (χ3n) is 11.1. The molecule has 5 aromatic rings. The van der Waals surface area contributed by atoms with Gasteiger partial charge in [0.15, 0.2) is 5.60 Å². The van der Waals surface area contributed by atoms with Gasteiger partial charge in [-0.25, -0.2) is 9.78 Å². The van der Waals surface area contributed by atoms with Crippen LogP contribution in [0.1, 0.15) is 42.0 Å². The van der Waals surface area contributed by atoms with Gasteiger partial charge in [-0.15, -0.1) is 24.8 Å². The average molecular weight is 859 g/mol. The minimum Gasteiger partial charge on any atom is -0.458 e. The summed E-state index contributed by atoms with van der Waals surface area (Å²) >= 11 is 1.53. The predicted octanol–water partition coefficient (Wildman–Crippen LogP) is 7.23. The molecule has 2 aromatic heterocycles. The first-order chi connectivity index (χ1) is 27.0. The van der Waals surface area contributed by atoms with E-state index in [1.54, 1.807) is 23.6 Å². The number of rotatable bonds is 7. The maximum absolute atomic E-state index is 13.3. The number of para-hydroxylation sites is 2. The normalized spacial score (nSPS) is 18.3. The van der Waals surface area contributed by atoms with Crippen LogP contribution in [0.15, 0.2) is 93.4 Å². The van der Waals surface area contributed by atoms with Crippen molar-refractivity contribution in [2.75, 3.05) is 57.3 Å². The van der Waals surface area contributed by atoms with Gasteiger partial charge in [0.2, 0.25) is 0 Å². The Morgan fingerprint density at radius 3 is 2.28 bits per heavy atom. The summed E-state index contributed by atoms with van der Waals surface area (Å²) < 4.78 is 46.6. The van der Waals surface area contributed by atoms with Crippen LogP contribution in [-0.2, 0) is 34.5 Å². The molecule has 0 aliphatic carbocycles. The van der Waals surface area contributed by atoms with E-state index >= 15 is 0 Å². The molecule has 6 heterocycles. The Morgan fingerprint density at radius 1 is 0.862 bits per heavy atom. The number of aliphatic hydroxyl groups excluding tert-OH is 1. The topological polar surface area (TPSA) is 111 Å². The first kappa shape index (κ1) is 43.4. The van der Waals surface area contributed by atoms with E-state index < -0.39 is 23.3 Å². The second-order valence-corrected chi connectivity index (χ2v) is 15.5. The molecule has 4 aliphatic rings. The first-order valence-electron chi connectivity index (χ1n) is 18.9. The first-order valence-corrected chi connectivity index (χ1v) is 19.7. The molecule has 2 N–H and O–H groups in total. The number of ether oxygens (including phenoxy) is 1. The average Bonchev–Trinajstić information content (AvgIpc) is 3.56. The Hall–Kier alpha value is -4.15. The molecule has 0 radical (unpaired) electrons. The summed E-state index contributed by atoms with van der Waals surface area (Å²) in [6.07, 6.45) is -3.34. The van der Waals surface area contributed by atoms with Crippen molar-refractivity contribution in [2.24, 2.45) is 0 Å². The second kappa shape index (κ2) is 17.6. The van der Waals surface area contributed by atoms with Crippen molar-refractivity contribution < 1.29 is 32.9 Å². The number of aliphatic hydroxyl groups is 2. The highest BCUT2D eigenvalue weighted by atomic mass is 35.5. The smallest absolute Gasteiger partial charge is 0.416 e. The minimum absolute atomic E-state index is 0. The Labute approximate surface area is 350 Å². The molecule has 1 atom stereocenters. The number of halogens is 5. The summed E-state index contributed by atoms with van der Waals surface area (Å²) in [5.41, 5.74) is 2.82. The van der Waals surface area contributed by atoms with Gasteiger partial charge >= 0.3 is 12.1 Å². The van der Waals surface area contributed by atoms with Crippen molar-refractivity contribution in [3.8, 4) is 11.4 Å². The highest BCUT2D eigenvalue weighted by Crippen LogP contribution is 2.49. The van der Waals surface area contributed by atoms with Crippen LogP contribution in [-0.4, -0.2) is 88.0 Å². The van der Waals surface area contributed by atoms with Gasteiger partial charge in [-0.1, -0.05) is 49.0 Å². The molecule has 308 valence electrons. The second-order valence-electron chi connectivity index (χ2n) is 14.5. The molecule has 4 aliphatic heterocycles. The van der Waals surface area contributed by atoms with Crippen molar-refractivity contribution in [3.05, 3.63) is 111 Å². The number of esters is 1. The lowest BCUT2D eigenvalue weighted by molar-refractivity contribution is -0.172. The molecule has 0 amide bonds. The summed E-state index contributed by atoms with van der Waals surface area (Å²) in [6.45, 7) is 8.30. The minimum atomic E-state index is -4.35. The van der Waals surface area contributed by atoms with Gasteiger partial charge in [0.25, 0.3) is 5.56 Å². The quantitative estimate of drug-likeness (QED) is 0.160. The Kier molecular flexibility index (Phi) is 13.2. The summed E-state index contributed by atoms with van der Waals surface area (Å²) in [7, 11) is 0. The van der Waals surface area contributed by atoms with E-state index in [9.17, 15) is 27.9 Å². The number of aromatic nitrogens is 2. The van der Waals surface area contributed by atoms with Gasteiger partial charge in [-0.2, -0.15) is 13.2 Å². The van der Waals surface area contributed by atoms with Crippen LogP contribution in [0.2, 0.25) is 0 Å². The van der Waals surface area contributed by atoms with Crippen LogP contribution < -0.4 is 10.5 Å². The van der Waals surface area contributed by atoms with Gasteiger partial charge in [0, 0.05) is 65.6 Å². The van der Waals surface area contributed by atoms with E-state index in [-0.39, 0.29) is 50.0 Å². The number of β-amino-alcohol motifs (C(OH)–C–C–N with tert-alkyl or cyclic N) is 1. The maximum Gasteiger partial charge on any atom is 0.416 e. The van der Waals surface area contributed by atoms with Crippen LogP contribution in [0.3, 0.4) is 0 Å². The van der Waals surface area contributed by atoms with Gasteiger partial charge in [-0.3, -0.25) is 9.69 Å². The van der Waals surface area contributed by atoms with Crippen LogP contribution in [0.5, 0.6) is 0 Å². The number of alkyl halides is 3. The molecule has 0 spiro atoms. The Bertz CT molecular complexity index is 2380. The number of fused-ring (bicyclic) bond motifs is 7. The fourth-order valence-electron chi connectivity index (χ4n) is 8.00. The molecule has 58 heavy (non-hydrogen) atoms. The van der Waals surface area contributed by atoms with Crippen molar-refractivity contribution in [2.45, 2.75) is 54.5 Å². The Balaban J connectivity index is 0.000000190. The van der Waals surface area contributed by atoms with E-state index in [4.69, 9.17) is 14.8 Å². The van der Waals surface area contributed by atoms with Gasteiger partial charge < -0.3 is 29.3 Å². The van der Waals surface area contributed by atoms with E-state index in [1.165, 1.54) is 23.9 Å². The predicted molar refractivity (Wildman–Crippen MR) is 223 cm³/mol. The highest BCUT2D eigenvalue weighted by Gasteiger charge is 2.45. The van der Waals surface area contributed by atoms with E-state index in [0.717, 1.165) is 76.8 Å². The number of benzene rings is 3. The molecule has 0 bridgehead atoms. The highest BCUT2D eigenvalue weighted by molar-refractivity contribution is 7.99. The van der Waals surface area contributed by atoms with Crippen molar-refractivity contribution in [3.63, 3.8) is 0 Å². The summed E-state index contributed by atoms with van der Waals surface area (Å²) in [5.74, 6) is -0.707. The molecule has 9 rings (SSSR count). The molecular formula is C42H44Cl2F3N5O5S. The van der Waals surface area contributed by atoms with Crippen LogP contribution in [0.4, 0.5) is 24.5 Å². The number of hydrogen-bond donors (Lipinski definition) is 2. The summed E-state index contributed by atoms with van der Waals surface area (Å²) in [5, 5.41) is 20.9. The van der Waals surface area contributed by atoms with Gasteiger partial charge in [0.1, 0.15) is 6.61 Å². The van der Waals surface area contributed by atoms with E-state index in [0.29, 0.717) is 42.1 Å². The van der Waals surface area contributed by atoms with Gasteiger partial charge in [-0.05, 0) is 67.9 Å². The molecular weight excluding hydrogens is 814 g/mol. The standard InChI is InChI=1S/C22H26F3N3OS.C20H16N2O4.2ClH/c23-22(24,25)17-6-7-21-19(16-17)28(18-4-1-2-5-20(18)30-21)9-3-8-26-10-12-27(13-11-26)14-15-29;1-2-20(25)14-8-16-17-12(7-11-5-3-4-6-15(11)21-17)9-22(16)18(23)13(14)10-26-19(20)24;;/h1-2,4-7,16,29H,3,8-15H2;3-8,25H,2,9-10H2,1H3;2*1H. The number of anilines is 2. The molecule has 1 saturated heterocycles. The number of nitrogens with zero attached hydrogens (tertiary/aromatic N) is 5. The fourth-order valence-corrected chi connectivity index (χ4v) is 9.08. The summed E-state index contributed by atoms with van der Waals surface area (Å²) in [6, 6.07) is 23.5. The van der Waals surface area contributed by atoms with Crippen molar-refractivity contribution in [1.82, 2.24) is 19.4 Å². The number of carbonyl (C=O) groups excluding carboxylic acids is 1. The van der Waals surface area contributed by atoms with E-state index in [2.05, 4.69) is 9.80 Å². The SMILES string of the molecule is CCC1(O)C(=O)OCc2c1cc1n(c2=O)Cc2cc3ccccc3nc2-1.Cl.Cl.OCCN1CCN(CCCN2c3ccccc3Sc3ccc(C(F)(F)F)cc32)CC1. The molecule has 3 aromatic carbocycles. The fraction of sp³-hybridized carbons (Fsp3) is 0.357. The largest absolute Gasteiger partial charge is 0.458 e. The molecule has 1 unspecified atom stereocenters. The zero-order chi connectivity index (χ0) is 39.2. The lowest BCUT2D eigenvalue weighted by Gasteiger charge is -2.36. The van der Waals surface area contributed by atoms with Crippen LogP contribution in [0, 0.1) is 0 Å². The maximum atomic E-state index is 13.3. The number of piperazine rings is 1. The third kappa shape index (κ3) is 8.20. The zero-order valence-corrected chi connectivity index (χ0v) is 34.2. The third-order valence-corrected chi connectivity index (χ3v) is 12.2. The van der Waals surface area contributed by atoms with E-state index in [1.807, 2.05) is 59.5 Å². The lowest BCUT2D eigenvalue weighted by Crippen LogP contribution is -2.47. The monoisotopic (exact) mass is 857 g/mol. The summed E-state index contributed by atoms with van der Waals surface area (Å²) in [4.78, 5) is 38.5. The number of hydrogen-bond acceptors (Lipinski definition) is 10. The van der Waals surface area contributed by atoms with Crippen LogP contribution in [0.25, 0.3) is 22.3 Å². The number of carbonyl (C=O) groups is 1. The lowest BCUT2D eigenvalue weighted by atomic mass is 9.86. The molecule has 1 fully saturated rings. The molecule has 10 nitrogen and oxygen atoms in total. The van der Waals surface area contributed by atoms with Crippen LogP contribution >= 0.6 is 36.6 Å². The zero-order valence-electron chi connectivity index (χ0n) is 31.7.